The molecule has 2 aromatic rings. The molecule has 6 nitrogen and oxygen atoms in total. The van der Waals surface area contributed by atoms with Gasteiger partial charge in [-0.25, -0.2) is 0 Å². The first-order chi connectivity index (χ1) is 15.2. The Labute approximate surface area is 208 Å². The van der Waals surface area contributed by atoms with E-state index in [4.69, 9.17) is 18.9 Å². The van der Waals surface area contributed by atoms with Crippen molar-refractivity contribution in [3.63, 3.8) is 0 Å². The van der Waals surface area contributed by atoms with E-state index in [9.17, 15) is 0 Å². The van der Waals surface area contributed by atoms with Crippen LogP contribution in [0.5, 0.6) is 11.5 Å². The Balaban J connectivity index is 0.00000153. The maximum Gasteiger partial charge on any atom is 0.149 e. The topological polar surface area (TPSA) is 43.4 Å². The standard InChI is InChI=1S/C25H32N2O4.2ClH/c1-18(26-7-11-28-12-8-26)30-22-3-5-24-20(16-22)15-21-17-23(4-6-25(21)24)31-19(2)27-9-13-29-14-10-27;;/h3-6,16-19H,7-15H2,1-2H3;2*1H. The van der Waals surface area contributed by atoms with Gasteiger partial charge in [0.15, 0.2) is 0 Å². The van der Waals surface area contributed by atoms with Crippen molar-refractivity contribution in [2.75, 3.05) is 52.6 Å². The van der Waals surface area contributed by atoms with Crippen molar-refractivity contribution >= 4 is 24.8 Å². The van der Waals surface area contributed by atoms with E-state index in [1.54, 1.807) is 0 Å². The molecule has 2 unspecified atom stereocenters. The van der Waals surface area contributed by atoms with Crippen LogP contribution in [0.4, 0.5) is 0 Å². The molecule has 2 aliphatic heterocycles. The van der Waals surface area contributed by atoms with Gasteiger partial charge in [-0.15, -0.1) is 24.8 Å². The van der Waals surface area contributed by atoms with Crippen molar-refractivity contribution in [2.24, 2.45) is 0 Å². The monoisotopic (exact) mass is 496 g/mol. The van der Waals surface area contributed by atoms with Crippen LogP contribution in [0, 0.1) is 0 Å². The maximum absolute atomic E-state index is 6.25. The lowest BCUT2D eigenvalue weighted by Crippen LogP contribution is -2.44. The van der Waals surface area contributed by atoms with Crippen LogP contribution in [-0.2, 0) is 15.9 Å². The second kappa shape index (κ2) is 11.7. The summed E-state index contributed by atoms with van der Waals surface area (Å²) in [6.07, 6.45) is 1.01. The van der Waals surface area contributed by atoms with Crippen LogP contribution in [0.2, 0.25) is 0 Å². The fourth-order valence-corrected chi connectivity index (χ4v) is 4.74. The van der Waals surface area contributed by atoms with Crippen LogP contribution in [0.15, 0.2) is 36.4 Å². The average Bonchev–Trinajstić information content (AvgIpc) is 3.17. The normalized spacial score (nSPS) is 19.9. The molecule has 0 saturated carbocycles. The molecule has 0 amide bonds. The smallest absolute Gasteiger partial charge is 0.149 e. The van der Waals surface area contributed by atoms with E-state index in [1.165, 1.54) is 22.3 Å². The summed E-state index contributed by atoms with van der Waals surface area (Å²) in [6.45, 7) is 11.0. The SMILES string of the molecule is CC(Oc1ccc2c(c1)Cc1cc(OC(C)N3CCOCC3)ccc1-2)N1CCOCC1.Cl.Cl. The lowest BCUT2D eigenvalue weighted by molar-refractivity contribution is -0.0373. The molecule has 2 saturated heterocycles. The first kappa shape index (κ1) is 26.1. The second-order valence-corrected chi connectivity index (χ2v) is 8.55. The molecule has 2 fully saturated rings. The predicted octanol–water partition coefficient (Wildman–Crippen LogP) is 4.22. The van der Waals surface area contributed by atoms with Crippen LogP contribution < -0.4 is 9.47 Å². The maximum atomic E-state index is 6.25. The quantitative estimate of drug-likeness (QED) is 0.509. The number of morpholine rings is 2. The minimum Gasteiger partial charge on any atom is -0.475 e. The van der Waals surface area contributed by atoms with Crippen LogP contribution >= 0.6 is 24.8 Å². The van der Waals surface area contributed by atoms with E-state index in [0.717, 1.165) is 70.5 Å². The summed E-state index contributed by atoms with van der Waals surface area (Å²) in [5.74, 6) is 1.87. The highest BCUT2D eigenvalue weighted by atomic mass is 35.5. The van der Waals surface area contributed by atoms with Crippen molar-refractivity contribution in [1.82, 2.24) is 9.80 Å². The van der Waals surface area contributed by atoms with Gasteiger partial charge in [-0.3, -0.25) is 9.80 Å². The van der Waals surface area contributed by atoms with Crippen LogP contribution in [0.1, 0.15) is 25.0 Å². The van der Waals surface area contributed by atoms with Gasteiger partial charge in [0, 0.05) is 26.2 Å². The zero-order valence-electron chi connectivity index (χ0n) is 19.3. The van der Waals surface area contributed by atoms with Gasteiger partial charge in [0.1, 0.15) is 24.0 Å². The molecule has 0 radical (unpaired) electrons. The molecule has 1 aliphatic carbocycles. The Bertz CT molecular complexity index is 844. The van der Waals surface area contributed by atoms with E-state index >= 15 is 0 Å². The zero-order chi connectivity index (χ0) is 21.2. The minimum atomic E-state index is 0. The van der Waals surface area contributed by atoms with E-state index < -0.39 is 0 Å². The lowest BCUT2D eigenvalue weighted by atomic mass is 10.1. The van der Waals surface area contributed by atoms with Gasteiger partial charge in [-0.1, -0.05) is 12.1 Å². The number of ether oxygens (including phenoxy) is 4. The first-order valence-corrected chi connectivity index (χ1v) is 11.4. The number of fused-ring (bicyclic) bond motifs is 3. The first-order valence-electron chi connectivity index (χ1n) is 11.4. The van der Waals surface area contributed by atoms with Gasteiger partial charge in [0.2, 0.25) is 0 Å². The lowest BCUT2D eigenvalue weighted by Gasteiger charge is -2.32. The third-order valence-electron chi connectivity index (χ3n) is 6.56. The Kier molecular flexibility index (Phi) is 9.27. The Morgan fingerprint density at radius 2 is 1.06 bits per heavy atom. The molecular weight excluding hydrogens is 463 g/mol. The third kappa shape index (κ3) is 5.94. The van der Waals surface area contributed by atoms with Crippen molar-refractivity contribution in [3.05, 3.63) is 47.5 Å². The van der Waals surface area contributed by atoms with Gasteiger partial charge < -0.3 is 18.9 Å². The summed E-state index contributed by atoms with van der Waals surface area (Å²) >= 11 is 0. The highest BCUT2D eigenvalue weighted by Gasteiger charge is 2.23. The van der Waals surface area contributed by atoms with Crippen LogP contribution in [0.25, 0.3) is 11.1 Å². The molecule has 3 aliphatic rings. The Morgan fingerprint density at radius 3 is 1.45 bits per heavy atom. The van der Waals surface area contributed by atoms with Gasteiger partial charge in [-0.2, -0.15) is 0 Å². The van der Waals surface area contributed by atoms with Crippen LogP contribution in [-0.4, -0.2) is 74.9 Å². The summed E-state index contributed by atoms with van der Waals surface area (Å²) in [5.41, 5.74) is 5.24. The number of halogens is 2. The van der Waals surface area contributed by atoms with E-state index in [0.29, 0.717) is 0 Å². The molecule has 33 heavy (non-hydrogen) atoms. The molecule has 8 heteroatoms. The van der Waals surface area contributed by atoms with Gasteiger partial charge in [0.05, 0.1) is 26.4 Å². The largest absolute Gasteiger partial charge is 0.475 e. The molecule has 5 rings (SSSR count). The number of rotatable bonds is 6. The zero-order valence-corrected chi connectivity index (χ0v) is 21.0. The fourth-order valence-electron chi connectivity index (χ4n) is 4.74. The Hall–Kier alpha value is -1.54. The van der Waals surface area contributed by atoms with Crippen molar-refractivity contribution in [3.8, 4) is 22.6 Å². The highest BCUT2D eigenvalue weighted by Crippen LogP contribution is 2.40. The molecule has 0 aromatic heterocycles. The molecule has 2 atom stereocenters. The van der Waals surface area contributed by atoms with E-state index in [2.05, 4.69) is 60.0 Å². The summed E-state index contributed by atoms with van der Waals surface area (Å²) in [7, 11) is 0. The number of hydrogen-bond acceptors (Lipinski definition) is 6. The predicted molar refractivity (Wildman–Crippen MR) is 134 cm³/mol. The average molecular weight is 497 g/mol. The highest BCUT2D eigenvalue weighted by molar-refractivity contribution is 5.85. The third-order valence-corrected chi connectivity index (χ3v) is 6.56. The summed E-state index contributed by atoms with van der Waals surface area (Å²) < 4.78 is 23.4. The fraction of sp³-hybridized carbons (Fsp3) is 0.520. The number of benzene rings is 2. The molecule has 0 bridgehead atoms. The van der Waals surface area contributed by atoms with Crippen molar-refractivity contribution in [2.45, 2.75) is 32.7 Å². The van der Waals surface area contributed by atoms with Crippen molar-refractivity contribution in [1.29, 1.82) is 0 Å². The van der Waals surface area contributed by atoms with E-state index in [-0.39, 0.29) is 37.3 Å². The summed E-state index contributed by atoms with van der Waals surface area (Å²) in [6, 6.07) is 13.0. The molecule has 0 N–H and O–H groups in total. The molecule has 0 spiro atoms. The van der Waals surface area contributed by atoms with Crippen molar-refractivity contribution < 1.29 is 18.9 Å². The van der Waals surface area contributed by atoms with E-state index in [1.807, 2.05) is 0 Å². The van der Waals surface area contributed by atoms with Crippen LogP contribution in [0.3, 0.4) is 0 Å². The molecule has 2 heterocycles. The number of nitrogens with zero attached hydrogens (tertiary/aromatic N) is 2. The number of hydrogen-bond donors (Lipinski definition) is 0. The molecule has 182 valence electrons. The van der Waals surface area contributed by atoms with Gasteiger partial charge >= 0.3 is 0 Å². The minimum absolute atomic E-state index is 0. The van der Waals surface area contributed by atoms with Gasteiger partial charge in [0.25, 0.3) is 0 Å². The second-order valence-electron chi connectivity index (χ2n) is 8.55. The summed E-state index contributed by atoms with van der Waals surface area (Å²) in [5, 5.41) is 0. The Morgan fingerprint density at radius 1 is 0.667 bits per heavy atom. The molecule has 2 aromatic carbocycles. The molecular formula is C25H34Cl2N2O4. The van der Waals surface area contributed by atoms with Gasteiger partial charge in [-0.05, 0) is 66.8 Å². The summed E-state index contributed by atoms with van der Waals surface area (Å²) in [4.78, 5) is 4.65.